The molecule has 0 fully saturated rings. The Morgan fingerprint density at radius 1 is 1.19 bits per heavy atom. The molecule has 0 unspecified atom stereocenters. The molecule has 0 saturated heterocycles. The summed E-state index contributed by atoms with van der Waals surface area (Å²) in [4.78, 5) is 13.4. The summed E-state index contributed by atoms with van der Waals surface area (Å²) >= 11 is 0. The van der Waals surface area contributed by atoms with Crippen molar-refractivity contribution in [3.8, 4) is 11.1 Å². The van der Waals surface area contributed by atoms with Crippen molar-refractivity contribution in [2.75, 3.05) is 37.2 Å². The molecule has 1 heterocycles. The number of rotatable bonds is 6. The number of carbonyl (C=O) groups excluding carboxylic acids is 1. The van der Waals surface area contributed by atoms with Crippen LogP contribution in [0.2, 0.25) is 0 Å². The summed E-state index contributed by atoms with van der Waals surface area (Å²) in [5, 5.41) is 13.4. The van der Waals surface area contributed by atoms with Crippen LogP contribution >= 0.6 is 0 Å². The minimum atomic E-state index is -0.529. The van der Waals surface area contributed by atoms with Crippen molar-refractivity contribution in [3.05, 3.63) is 36.0 Å². The fourth-order valence-corrected chi connectivity index (χ4v) is 2.57. The van der Waals surface area contributed by atoms with Gasteiger partial charge in [-0.15, -0.1) is 5.10 Å². The number of aromatic nitrogens is 2. The van der Waals surface area contributed by atoms with Crippen LogP contribution in [0.25, 0.3) is 17.2 Å². The van der Waals surface area contributed by atoms with Crippen LogP contribution in [0.3, 0.4) is 0 Å². The average molecular weight is 372 g/mol. The van der Waals surface area contributed by atoms with Gasteiger partial charge >= 0.3 is 6.09 Å². The van der Waals surface area contributed by atoms with Crippen LogP contribution in [0.1, 0.15) is 26.3 Å². The summed E-state index contributed by atoms with van der Waals surface area (Å²) in [5.41, 5.74) is 5.36. The molecular weight excluding hydrogens is 344 g/mol. The predicted molar refractivity (Wildman–Crippen MR) is 110 cm³/mol. The van der Waals surface area contributed by atoms with E-state index in [1.165, 1.54) is 0 Å². The lowest BCUT2D eigenvalue weighted by atomic mass is 10.0. The topological polar surface area (TPSA) is 92.2 Å². The molecule has 8 heteroatoms. The van der Waals surface area contributed by atoms with Gasteiger partial charge in [-0.25, -0.2) is 4.79 Å². The molecule has 0 aliphatic rings. The molecule has 0 aliphatic heterocycles. The van der Waals surface area contributed by atoms with E-state index in [9.17, 15) is 4.79 Å². The molecule has 0 saturated carbocycles. The van der Waals surface area contributed by atoms with Crippen molar-refractivity contribution in [2.45, 2.75) is 26.4 Å². The number of alkyl carbamates (subject to hydrolysis) is 1. The molecule has 0 aliphatic carbocycles. The maximum absolute atomic E-state index is 11.7. The molecule has 146 valence electrons. The largest absolute Gasteiger partial charge is 0.444 e. The summed E-state index contributed by atoms with van der Waals surface area (Å²) < 4.78 is 5.21. The Morgan fingerprint density at radius 2 is 1.93 bits per heavy atom. The van der Waals surface area contributed by atoms with Crippen molar-refractivity contribution in [3.63, 3.8) is 0 Å². The van der Waals surface area contributed by atoms with Gasteiger partial charge in [0, 0.05) is 27.3 Å². The molecule has 27 heavy (non-hydrogen) atoms. The van der Waals surface area contributed by atoms with Gasteiger partial charge < -0.3 is 20.8 Å². The Kier molecular flexibility index (Phi) is 6.33. The first kappa shape index (κ1) is 20.2. The number of benzene rings is 1. The van der Waals surface area contributed by atoms with E-state index in [-0.39, 0.29) is 0 Å². The van der Waals surface area contributed by atoms with Gasteiger partial charge in [0.15, 0.2) is 11.6 Å². The highest BCUT2D eigenvalue weighted by molar-refractivity contribution is 5.86. The SMILES string of the molecule is CNc1nn(NC)c(NC)c1-c1cccc(C=CNC(=O)OC(C)(C)C)c1. The lowest BCUT2D eigenvalue weighted by molar-refractivity contribution is 0.0553. The fraction of sp³-hybridized carbons (Fsp3) is 0.368. The Balaban J connectivity index is 2.25. The lowest BCUT2D eigenvalue weighted by Crippen LogP contribution is -2.29. The third-order valence-corrected chi connectivity index (χ3v) is 3.62. The van der Waals surface area contributed by atoms with Crippen molar-refractivity contribution >= 4 is 23.8 Å². The molecule has 1 amide bonds. The number of carbonyl (C=O) groups is 1. The number of nitrogens with zero attached hydrogens (tertiary/aromatic N) is 2. The Labute approximate surface area is 160 Å². The molecule has 0 spiro atoms. The molecule has 2 aromatic rings. The number of anilines is 2. The van der Waals surface area contributed by atoms with E-state index in [0.717, 1.165) is 28.3 Å². The molecule has 8 nitrogen and oxygen atoms in total. The van der Waals surface area contributed by atoms with Crippen LogP contribution in [0, 0.1) is 0 Å². The Hall–Kier alpha value is -3.16. The number of hydrogen-bond acceptors (Lipinski definition) is 6. The summed E-state index contributed by atoms with van der Waals surface area (Å²) in [5.74, 6) is 1.59. The molecular formula is C19H28N6O2. The minimum Gasteiger partial charge on any atom is -0.444 e. The maximum Gasteiger partial charge on any atom is 0.411 e. The van der Waals surface area contributed by atoms with Gasteiger partial charge in [0.05, 0.1) is 5.56 Å². The first-order chi connectivity index (χ1) is 12.8. The highest BCUT2D eigenvalue weighted by Gasteiger charge is 2.18. The number of hydrogen-bond donors (Lipinski definition) is 4. The summed E-state index contributed by atoms with van der Waals surface area (Å²) in [6.07, 6.45) is 2.90. The van der Waals surface area contributed by atoms with E-state index in [1.807, 2.05) is 65.2 Å². The predicted octanol–water partition coefficient (Wildman–Crippen LogP) is 3.30. The summed E-state index contributed by atoms with van der Waals surface area (Å²) in [7, 11) is 5.49. The Bertz CT molecular complexity index is 820. The van der Waals surface area contributed by atoms with E-state index in [0.29, 0.717) is 0 Å². The quantitative estimate of drug-likeness (QED) is 0.622. The standard InChI is InChI=1S/C19H28N6O2/c1-19(2,3)27-18(26)23-11-10-13-8-7-9-14(12-13)15-16(20-4)24-25(22-6)17(15)21-5/h7-12,21-22H,1-6H3,(H,20,24)(H,23,26). The van der Waals surface area contributed by atoms with E-state index in [2.05, 4.69) is 26.5 Å². The van der Waals surface area contributed by atoms with Gasteiger partial charge in [0.25, 0.3) is 0 Å². The van der Waals surface area contributed by atoms with E-state index < -0.39 is 11.7 Å². The van der Waals surface area contributed by atoms with Gasteiger partial charge in [0.2, 0.25) is 0 Å². The highest BCUT2D eigenvalue weighted by Crippen LogP contribution is 2.34. The first-order valence-corrected chi connectivity index (χ1v) is 8.72. The summed E-state index contributed by atoms with van der Waals surface area (Å²) in [6, 6.07) is 7.94. The van der Waals surface area contributed by atoms with E-state index >= 15 is 0 Å². The molecule has 4 N–H and O–H groups in total. The third kappa shape index (κ3) is 5.16. The van der Waals surface area contributed by atoms with E-state index in [4.69, 9.17) is 4.74 Å². The maximum atomic E-state index is 11.7. The van der Waals surface area contributed by atoms with E-state index in [1.54, 1.807) is 18.0 Å². The average Bonchev–Trinajstić information content (AvgIpc) is 2.98. The number of nitrogens with one attached hydrogen (secondary N) is 4. The third-order valence-electron chi connectivity index (χ3n) is 3.62. The van der Waals surface area contributed by atoms with Gasteiger partial charge in [-0.2, -0.15) is 4.79 Å². The normalized spacial score (nSPS) is 11.3. The van der Waals surface area contributed by atoms with Gasteiger partial charge in [-0.05, 0) is 44.0 Å². The molecule has 0 radical (unpaired) electrons. The second-order valence-electron chi connectivity index (χ2n) is 6.81. The zero-order valence-corrected chi connectivity index (χ0v) is 16.7. The molecule has 0 bridgehead atoms. The van der Waals surface area contributed by atoms with Gasteiger partial charge in [-0.1, -0.05) is 18.2 Å². The number of ether oxygens (including phenoxy) is 1. The van der Waals surface area contributed by atoms with Crippen LogP contribution < -0.4 is 21.4 Å². The fourth-order valence-electron chi connectivity index (χ4n) is 2.57. The van der Waals surface area contributed by atoms with Crippen LogP contribution in [-0.2, 0) is 4.74 Å². The molecule has 1 aromatic carbocycles. The molecule has 2 rings (SSSR count). The minimum absolute atomic E-state index is 0.486. The molecule has 0 atom stereocenters. The van der Waals surface area contributed by atoms with Crippen LogP contribution in [0.4, 0.5) is 16.4 Å². The van der Waals surface area contributed by atoms with Crippen molar-refractivity contribution in [2.24, 2.45) is 0 Å². The first-order valence-electron chi connectivity index (χ1n) is 8.72. The number of amides is 1. The van der Waals surface area contributed by atoms with Gasteiger partial charge in [0.1, 0.15) is 5.60 Å². The smallest absolute Gasteiger partial charge is 0.411 e. The zero-order chi connectivity index (χ0) is 20.0. The molecule has 1 aromatic heterocycles. The van der Waals surface area contributed by atoms with Crippen LogP contribution in [-0.4, -0.2) is 42.7 Å². The second kappa shape index (κ2) is 8.48. The second-order valence-corrected chi connectivity index (χ2v) is 6.81. The van der Waals surface area contributed by atoms with Crippen molar-refractivity contribution < 1.29 is 9.53 Å². The van der Waals surface area contributed by atoms with Gasteiger partial charge in [-0.3, -0.25) is 5.32 Å². The summed E-state index contributed by atoms with van der Waals surface area (Å²) in [6.45, 7) is 5.47. The highest BCUT2D eigenvalue weighted by atomic mass is 16.6. The van der Waals surface area contributed by atoms with Crippen molar-refractivity contribution in [1.29, 1.82) is 0 Å². The van der Waals surface area contributed by atoms with Crippen molar-refractivity contribution in [1.82, 2.24) is 15.2 Å². The Morgan fingerprint density at radius 3 is 2.52 bits per heavy atom. The van der Waals surface area contributed by atoms with Crippen LogP contribution in [0.5, 0.6) is 0 Å². The van der Waals surface area contributed by atoms with Crippen LogP contribution in [0.15, 0.2) is 30.5 Å². The zero-order valence-electron chi connectivity index (χ0n) is 16.7. The lowest BCUT2D eigenvalue weighted by Gasteiger charge is -2.18. The monoisotopic (exact) mass is 372 g/mol.